The Labute approximate surface area is 109 Å². The molecule has 0 aliphatic heterocycles. The monoisotopic (exact) mass is 265 g/mol. The summed E-state index contributed by atoms with van der Waals surface area (Å²) in [4.78, 5) is 16.2. The number of carbonyl (C=O) groups excluding carboxylic acids is 1. The summed E-state index contributed by atoms with van der Waals surface area (Å²) >= 11 is 11.9. The quantitative estimate of drug-likeness (QED) is 0.771. The zero-order valence-electron chi connectivity index (χ0n) is 9.08. The van der Waals surface area contributed by atoms with Crippen LogP contribution in [0.25, 0.3) is 0 Å². The zero-order valence-corrected chi connectivity index (χ0v) is 10.6. The van der Waals surface area contributed by atoms with Gasteiger partial charge >= 0.3 is 0 Å². The van der Waals surface area contributed by atoms with Gasteiger partial charge in [-0.25, -0.2) is 0 Å². The summed E-state index contributed by atoms with van der Waals surface area (Å²) in [6.45, 7) is 1.85. The Balaban J connectivity index is 2.51. The maximum Gasteiger partial charge on any atom is 0.196 e. The Hall–Kier alpha value is -1.38. The van der Waals surface area contributed by atoms with Gasteiger partial charge in [0.05, 0.1) is 5.02 Å². The van der Waals surface area contributed by atoms with Gasteiger partial charge in [-0.3, -0.25) is 9.78 Å². The third-order valence-corrected chi connectivity index (χ3v) is 3.02. The number of ketones is 1. The molecule has 1 aromatic heterocycles. The average molecular weight is 266 g/mol. The number of hydrogen-bond donors (Lipinski definition) is 0. The van der Waals surface area contributed by atoms with Gasteiger partial charge in [-0.15, -0.1) is 0 Å². The lowest BCUT2D eigenvalue weighted by Crippen LogP contribution is -2.05. The summed E-state index contributed by atoms with van der Waals surface area (Å²) < 4.78 is 0. The lowest BCUT2D eigenvalue weighted by Gasteiger charge is -2.06. The topological polar surface area (TPSA) is 30.0 Å². The van der Waals surface area contributed by atoms with E-state index >= 15 is 0 Å². The predicted molar refractivity (Wildman–Crippen MR) is 68.9 cm³/mol. The number of halogens is 2. The first-order valence-electron chi connectivity index (χ1n) is 5.00. The first kappa shape index (κ1) is 12.1. The molecule has 2 rings (SSSR count). The van der Waals surface area contributed by atoms with Gasteiger partial charge in [0.25, 0.3) is 0 Å². The van der Waals surface area contributed by atoms with Gasteiger partial charge in [0.1, 0.15) is 0 Å². The van der Waals surface area contributed by atoms with Crippen LogP contribution in [-0.2, 0) is 0 Å². The molecule has 0 bridgehead atoms. The molecule has 0 spiro atoms. The summed E-state index contributed by atoms with van der Waals surface area (Å²) in [7, 11) is 0. The Morgan fingerprint density at radius 1 is 1.18 bits per heavy atom. The number of carbonyl (C=O) groups is 1. The fourth-order valence-electron chi connectivity index (χ4n) is 1.52. The second-order valence-corrected chi connectivity index (χ2v) is 4.49. The minimum atomic E-state index is -0.164. The first-order chi connectivity index (χ1) is 8.09. The molecule has 1 heterocycles. The van der Waals surface area contributed by atoms with Crippen molar-refractivity contribution < 1.29 is 4.79 Å². The van der Waals surface area contributed by atoms with E-state index in [1.54, 1.807) is 30.5 Å². The highest BCUT2D eigenvalue weighted by atomic mass is 35.5. The normalized spacial score (nSPS) is 10.3. The van der Waals surface area contributed by atoms with Gasteiger partial charge in [-0.05, 0) is 36.8 Å². The molecule has 4 heteroatoms. The number of aryl methyl sites for hydroxylation is 1. The van der Waals surface area contributed by atoms with E-state index in [0.717, 1.165) is 5.56 Å². The van der Waals surface area contributed by atoms with Crippen molar-refractivity contribution in [2.75, 3.05) is 0 Å². The van der Waals surface area contributed by atoms with Crippen molar-refractivity contribution in [3.63, 3.8) is 0 Å². The number of nitrogens with zero attached hydrogens (tertiary/aromatic N) is 1. The van der Waals surface area contributed by atoms with Crippen LogP contribution in [0.1, 0.15) is 21.5 Å². The first-order valence-corrected chi connectivity index (χ1v) is 5.75. The van der Waals surface area contributed by atoms with Crippen LogP contribution in [0.5, 0.6) is 0 Å². The van der Waals surface area contributed by atoms with Crippen molar-refractivity contribution in [2.45, 2.75) is 6.92 Å². The number of pyridine rings is 1. The molecule has 0 amide bonds. The summed E-state index contributed by atoms with van der Waals surface area (Å²) in [6.07, 6.45) is 3.18. The smallest absolute Gasteiger partial charge is 0.196 e. The van der Waals surface area contributed by atoms with Crippen molar-refractivity contribution in [1.82, 2.24) is 4.98 Å². The lowest BCUT2D eigenvalue weighted by atomic mass is 10.0. The van der Waals surface area contributed by atoms with E-state index in [-0.39, 0.29) is 5.78 Å². The van der Waals surface area contributed by atoms with E-state index < -0.39 is 0 Å². The van der Waals surface area contributed by atoms with Crippen LogP contribution < -0.4 is 0 Å². The molecule has 0 saturated carbocycles. The van der Waals surface area contributed by atoms with Crippen LogP contribution in [-0.4, -0.2) is 10.8 Å². The van der Waals surface area contributed by atoms with Crippen molar-refractivity contribution in [3.8, 4) is 0 Å². The van der Waals surface area contributed by atoms with Crippen LogP contribution in [0.3, 0.4) is 0 Å². The number of hydrogen-bond acceptors (Lipinski definition) is 2. The second-order valence-electron chi connectivity index (χ2n) is 3.64. The highest BCUT2D eigenvalue weighted by Gasteiger charge is 2.15. The van der Waals surface area contributed by atoms with Crippen molar-refractivity contribution in [3.05, 3.63) is 63.4 Å². The predicted octanol–water partition coefficient (Wildman–Crippen LogP) is 3.93. The maximum absolute atomic E-state index is 12.3. The summed E-state index contributed by atoms with van der Waals surface area (Å²) in [5.41, 5.74) is 1.80. The van der Waals surface area contributed by atoms with E-state index in [1.165, 1.54) is 6.20 Å². The zero-order chi connectivity index (χ0) is 12.4. The van der Waals surface area contributed by atoms with E-state index in [4.69, 9.17) is 23.2 Å². The van der Waals surface area contributed by atoms with Crippen molar-refractivity contribution in [1.29, 1.82) is 0 Å². The fraction of sp³-hybridized carbons (Fsp3) is 0.0769. The molecule has 0 aliphatic rings. The standard InChI is InChI=1S/C13H9Cl2NO/c1-8-4-5-16-7-11(8)13(17)10-6-9(14)2-3-12(10)15/h2-7H,1H3. The summed E-state index contributed by atoms with van der Waals surface area (Å²) in [5.74, 6) is -0.164. The number of rotatable bonds is 2. The summed E-state index contributed by atoms with van der Waals surface area (Å²) in [5, 5.41) is 0.877. The van der Waals surface area contributed by atoms with Gasteiger partial charge in [0.2, 0.25) is 0 Å². The molecule has 0 fully saturated rings. The molecule has 0 atom stereocenters. The molecule has 2 aromatic rings. The molecule has 17 heavy (non-hydrogen) atoms. The molecule has 0 saturated heterocycles. The van der Waals surface area contributed by atoms with Crippen LogP contribution in [0.2, 0.25) is 10.0 Å². The Bertz CT molecular complexity index is 581. The highest BCUT2D eigenvalue weighted by molar-refractivity contribution is 6.36. The third-order valence-electron chi connectivity index (χ3n) is 2.46. The molecule has 0 aliphatic carbocycles. The van der Waals surface area contributed by atoms with Gasteiger partial charge in [0.15, 0.2) is 5.78 Å². The van der Waals surface area contributed by atoms with Crippen LogP contribution in [0.15, 0.2) is 36.7 Å². The van der Waals surface area contributed by atoms with Crippen LogP contribution >= 0.6 is 23.2 Å². The molecule has 2 nitrogen and oxygen atoms in total. The number of benzene rings is 1. The van der Waals surface area contributed by atoms with E-state index in [9.17, 15) is 4.79 Å². The Morgan fingerprint density at radius 2 is 1.94 bits per heavy atom. The van der Waals surface area contributed by atoms with E-state index in [1.807, 2.05) is 6.92 Å². The van der Waals surface area contributed by atoms with Gasteiger partial charge < -0.3 is 0 Å². The molecular weight excluding hydrogens is 257 g/mol. The summed E-state index contributed by atoms with van der Waals surface area (Å²) in [6, 6.07) is 6.62. The van der Waals surface area contributed by atoms with Crippen LogP contribution in [0, 0.1) is 6.92 Å². The minimum absolute atomic E-state index is 0.164. The molecule has 0 radical (unpaired) electrons. The van der Waals surface area contributed by atoms with Gasteiger partial charge in [-0.1, -0.05) is 23.2 Å². The average Bonchev–Trinajstić information content (AvgIpc) is 2.32. The maximum atomic E-state index is 12.3. The van der Waals surface area contributed by atoms with Crippen molar-refractivity contribution in [2.24, 2.45) is 0 Å². The van der Waals surface area contributed by atoms with Gasteiger partial charge in [-0.2, -0.15) is 0 Å². The second kappa shape index (κ2) is 4.86. The van der Waals surface area contributed by atoms with Crippen molar-refractivity contribution >= 4 is 29.0 Å². The van der Waals surface area contributed by atoms with E-state index in [0.29, 0.717) is 21.2 Å². The highest BCUT2D eigenvalue weighted by Crippen LogP contribution is 2.24. The fourth-order valence-corrected chi connectivity index (χ4v) is 1.89. The molecule has 0 N–H and O–H groups in total. The van der Waals surface area contributed by atoms with Crippen LogP contribution in [0.4, 0.5) is 0 Å². The lowest BCUT2D eigenvalue weighted by molar-refractivity contribution is 0.103. The molecule has 0 unspecified atom stereocenters. The molecule has 1 aromatic carbocycles. The minimum Gasteiger partial charge on any atom is -0.288 e. The third kappa shape index (κ3) is 2.48. The SMILES string of the molecule is Cc1ccncc1C(=O)c1cc(Cl)ccc1Cl. The Kier molecular flexibility index (Phi) is 3.46. The van der Waals surface area contributed by atoms with Gasteiger partial charge in [0, 0.05) is 28.5 Å². The molecule has 86 valence electrons. The number of aromatic nitrogens is 1. The van der Waals surface area contributed by atoms with E-state index in [2.05, 4.69) is 4.98 Å². The molecular formula is C13H9Cl2NO. The largest absolute Gasteiger partial charge is 0.288 e. The Morgan fingerprint density at radius 3 is 2.65 bits per heavy atom.